The lowest BCUT2D eigenvalue weighted by Gasteiger charge is -2.07. The summed E-state index contributed by atoms with van der Waals surface area (Å²) in [6.45, 7) is 1.74. The third-order valence-electron chi connectivity index (χ3n) is 2.87. The zero-order valence-corrected chi connectivity index (χ0v) is 11.8. The molecule has 2 heterocycles. The minimum atomic E-state index is 0.305. The summed E-state index contributed by atoms with van der Waals surface area (Å²) in [4.78, 5) is 4.38. The summed E-state index contributed by atoms with van der Waals surface area (Å²) in [5.74, 6) is 1.66. The van der Waals surface area contributed by atoms with Crippen molar-refractivity contribution in [3.05, 3.63) is 52.3 Å². The van der Waals surface area contributed by atoms with Crippen LogP contribution in [-0.2, 0) is 13.1 Å². The Morgan fingerprint density at radius 2 is 2.00 bits per heavy atom. The Morgan fingerprint density at radius 3 is 2.89 bits per heavy atom. The molecule has 0 unspecified atom stereocenters. The van der Waals surface area contributed by atoms with Crippen molar-refractivity contribution in [2.45, 2.75) is 13.1 Å². The molecule has 98 valence electrons. The lowest BCUT2D eigenvalue weighted by molar-refractivity contribution is 0.173. The largest absolute Gasteiger partial charge is 0.454 e. The van der Waals surface area contributed by atoms with Crippen molar-refractivity contribution in [3.63, 3.8) is 0 Å². The number of ether oxygens (including phenoxy) is 2. The highest BCUT2D eigenvalue weighted by molar-refractivity contribution is 9.10. The first-order chi connectivity index (χ1) is 9.33. The van der Waals surface area contributed by atoms with Crippen molar-refractivity contribution >= 4 is 15.9 Å². The normalized spacial score (nSPS) is 12.7. The Kier molecular flexibility index (Phi) is 3.66. The number of pyridine rings is 1. The molecule has 5 heteroatoms. The molecule has 0 fully saturated rings. The van der Waals surface area contributed by atoms with E-state index >= 15 is 0 Å². The number of aromatic nitrogens is 1. The first-order valence-corrected chi connectivity index (χ1v) is 6.82. The Morgan fingerprint density at radius 1 is 1.11 bits per heavy atom. The van der Waals surface area contributed by atoms with Gasteiger partial charge in [-0.1, -0.05) is 18.2 Å². The number of hydrogen-bond donors (Lipinski definition) is 1. The van der Waals surface area contributed by atoms with Crippen LogP contribution in [0.4, 0.5) is 0 Å². The first kappa shape index (κ1) is 12.4. The third kappa shape index (κ3) is 2.88. The molecule has 1 aliphatic rings. The summed E-state index contributed by atoms with van der Waals surface area (Å²) in [5, 5.41) is 3.36. The predicted molar refractivity (Wildman–Crippen MR) is 75.0 cm³/mol. The predicted octanol–water partition coefficient (Wildman–Crippen LogP) is 2.86. The Labute approximate surface area is 119 Å². The third-order valence-corrected chi connectivity index (χ3v) is 3.31. The van der Waals surface area contributed by atoms with Gasteiger partial charge in [-0.05, 0) is 34.1 Å². The lowest BCUT2D eigenvalue weighted by atomic mass is 10.2. The van der Waals surface area contributed by atoms with Crippen LogP contribution < -0.4 is 14.8 Å². The fourth-order valence-corrected chi connectivity index (χ4v) is 2.38. The van der Waals surface area contributed by atoms with Crippen molar-refractivity contribution in [3.8, 4) is 11.5 Å². The van der Waals surface area contributed by atoms with E-state index in [1.54, 1.807) is 0 Å². The summed E-state index contributed by atoms with van der Waals surface area (Å²) in [7, 11) is 0. The highest BCUT2D eigenvalue weighted by Gasteiger charge is 2.16. The number of nitrogens with one attached hydrogen (secondary N) is 1. The molecule has 3 rings (SSSR count). The summed E-state index contributed by atoms with van der Waals surface area (Å²) >= 11 is 3.36. The van der Waals surface area contributed by atoms with Crippen LogP contribution in [0.3, 0.4) is 0 Å². The summed E-state index contributed by atoms with van der Waals surface area (Å²) in [6, 6.07) is 11.8. The van der Waals surface area contributed by atoms with Crippen LogP contribution in [0.15, 0.2) is 41.0 Å². The molecule has 0 saturated heterocycles. The van der Waals surface area contributed by atoms with E-state index in [0.29, 0.717) is 13.3 Å². The molecular weight excluding hydrogens is 308 g/mol. The fraction of sp³-hybridized carbons (Fsp3) is 0.214. The maximum absolute atomic E-state index is 5.47. The van der Waals surface area contributed by atoms with Crippen LogP contribution in [0.1, 0.15) is 11.3 Å². The maximum Gasteiger partial charge on any atom is 0.231 e. The van der Waals surface area contributed by atoms with E-state index < -0.39 is 0 Å². The Balaban J connectivity index is 1.63. The van der Waals surface area contributed by atoms with Crippen molar-refractivity contribution in [2.75, 3.05) is 6.79 Å². The first-order valence-electron chi connectivity index (χ1n) is 6.02. The molecule has 0 saturated carbocycles. The highest BCUT2D eigenvalue weighted by Crippen LogP contribution is 2.35. The smallest absolute Gasteiger partial charge is 0.231 e. The molecule has 1 aromatic carbocycles. The second-order valence-corrected chi connectivity index (χ2v) is 5.02. The van der Waals surface area contributed by atoms with E-state index in [4.69, 9.17) is 9.47 Å². The zero-order chi connectivity index (χ0) is 13.1. The van der Waals surface area contributed by atoms with E-state index in [2.05, 4.69) is 26.2 Å². The van der Waals surface area contributed by atoms with Crippen molar-refractivity contribution in [2.24, 2.45) is 0 Å². The zero-order valence-electron chi connectivity index (χ0n) is 10.2. The van der Waals surface area contributed by atoms with Gasteiger partial charge in [-0.2, -0.15) is 0 Å². The molecule has 0 spiro atoms. The second kappa shape index (κ2) is 5.59. The fourth-order valence-electron chi connectivity index (χ4n) is 2.00. The minimum absolute atomic E-state index is 0.305. The second-order valence-electron chi connectivity index (χ2n) is 4.21. The monoisotopic (exact) mass is 320 g/mol. The van der Waals surface area contributed by atoms with Gasteiger partial charge >= 0.3 is 0 Å². The lowest BCUT2D eigenvalue weighted by Crippen LogP contribution is -2.14. The van der Waals surface area contributed by atoms with E-state index in [0.717, 1.165) is 33.9 Å². The van der Waals surface area contributed by atoms with Gasteiger partial charge in [0.25, 0.3) is 0 Å². The summed E-state index contributed by atoms with van der Waals surface area (Å²) < 4.78 is 11.7. The van der Waals surface area contributed by atoms with Crippen molar-refractivity contribution < 1.29 is 9.47 Å². The Hall–Kier alpha value is -1.59. The van der Waals surface area contributed by atoms with Gasteiger partial charge in [-0.3, -0.25) is 0 Å². The molecule has 19 heavy (non-hydrogen) atoms. The van der Waals surface area contributed by atoms with Crippen LogP contribution in [-0.4, -0.2) is 11.8 Å². The van der Waals surface area contributed by atoms with Gasteiger partial charge in [0.2, 0.25) is 6.79 Å². The van der Waals surface area contributed by atoms with Crippen LogP contribution >= 0.6 is 15.9 Å². The van der Waals surface area contributed by atoms with Gasteiger partial charge in [0.15, 0.2) is 11.5 Å². The van der Waals surface area contributed by atoms with Crippen molar-refractivity contribution in [1.82, 2.24) is 10.3 Å². The SMILES string of the molecule is Brc1cccc(CNCc2cccc3c2OCO3)n1. The summed E-state index contributed by atoms with van der Waals surface area (Å²) in [5.41, 5.74) is 2.10. The number of para-hydroxylation sites is 1. The number of halogens is 1. The van der Waals surface area contributed by atoms with E-state index in [9.17, 15) is 0 Å². The van der Waals surface area contributed by atoms with Gasteiger partial charge < -0.3 is 14.8 Å². The molecule has 4 nitrogen and oxygen atoms in total. The quantitative estimate of drug-likeness (QED) is 0.880. The number of benzene rings is 1. The van der Waals surface area contributed by atoms with E-state index in [1.807, 2.05) is 36.4 Å². The van der Waals surface area contributed by atoms with E-state index in [1.165, 1.54) is 0 Å². The van der Waals surface area contributed by atoms with Crippen LogP contribution in [0.5, 0.6) is 11.5 Å². The highest BCUT2D eigenvalue weighted by atomic mass is 79.9. The molecule has 0 aliphatic carbocycles. The van der Waals surface area contributed by atoms with Gasteiger partial charge in [0, 0.05) is 18.7 Å². The van der Waals surface area contributed by atoms with Gasteiger partial charge in [0.05, 0.1) is 5.69 Å². The average molecular weight is 321 g/mol. The molecule has 2 aromatic rings. The van der Waals surface area contributed by atoms with Crippen LogP contribution in [0.25, 0.3) is 0 Å². The molecular formula is C14H13BrN2O2. The van der Waals surface area contributed by atoms with Gasteiger partial charge in [0.1, 0.15) is 4.60 Å². The maximum atomic E-state index is 5.47. The summed E-state index contributed by atoms with van der Waals surface area (Å²) in [6.07, 6.45) is 0. The molecule has 1 aromatic heterocycles. The topological polar surface area (TPSA) is 43.4 Å². The van der Waals surface area contributed by atoms with Crippen molar-refractivity contribution in [1.29, 1.82) is 0 Å². The molecule has 0 amide bonds. The average Bonchev–Trinajstić information content (AvgIpc) is 2.88. The van der Waals surface area contributed by atoms with Crippen LogP contribution in [0, 0.1) is 0 Å². The van der Waals surface area contributed by atoms with Gasteiger partial charge in [-0.15, -0.1) is 0 Å². The van der Waals surface area contributed by atoms with Gasteiger partial charge in [-0.25, -0.2) is 4.98 Å². The number of rotatable bonds is 4. The molecule has 0 atom stereocenters. The Bertz CT molecular complexity index is 589. The number of hydrogen-bond acceptors (Lipinski definition) is 4. The number of fused-ring (bicyclic) bond motifs is 1. The van der Waals surface area contributed by atoms with Crippen LogP contribution in [0.2, 0.25) is 0 Å². The molecule has 1 aliphatic heterocycles. The molecule has 0 radical (unpaired) electrons. The van der Waals surface area contributed by atoms with E-state index in [-0.39, 0.29) is 0 Å². The number of nitrogens with zero attached hydrogens (tertiary/aromatic N) is 1. The molecule has 0 bridgehead atoms. The minimum Gasteiger partial charge on any atom is -0.454 e. The molecule has 1 N–H and O–H groups in total. The standard InChI is InChI=1S/C14H13BrN2O2/c15-13-6-2-4-11(17-13)8-16-7-10-3-1-5-12-14(10)19-9-18-12/h1-6,16H,7-9H2.